The minimum absolute atomic E-state index is 0.0380. The highest BCUT2D eigenvalue weighted by atomic mass is 16.1. The number of hydrogen-bond donors (Lipinski definition) is 2. The predicted octanol–water partition coefficient (Wildman–Crippen LogP) is 3.62. The first-order valence-corrected chi connectivity index (χ1v) is 6.74. The fraction of sp³-hybridized carbons (Fsp3) is 0.438. The van der Waals surface area contributed by atoms with Crippen LogP contribution in [0.4, 0.5) is 5.82 Å². The van der Waals surface area contributed by atoms with Gasteiger partial charge in [0.25, 0.3) is 5.56 Å². The average Bonchev–Trinajstić information content (AvgIpc) is 2.35. The molecule has 0 spiro atoms. The van der Waals surface area contributed by atoms with Crippen LogP contribution in [0.2, 0.25) is 0 Å². The van der Waals surface area contributed by atoms with E-state index in [0.29, 0.717) is 5.92 Å². The Morgan fingerprint density at radius 2 is 1.95 bits per heavy atom. The molecule has 2 rings (SSSR count). The maximum atomic E-state index is 11.9. The van der Waals surface area contributed by atoms with Gasteiger partial charge in [-0.2, -0.15) is 0 Å². The summed E-state index contributed by atoms with van der Waals surface area (Å²) in [6, 6.07) is 9.63. The van der Waals surface area contributed by atoms with Crippen molar-refractivity contribution in [3.8, 4) is 0 Å². The van der Waals surface area contributed by atoms with Crippen molar-refractivity contribution in [3.63, 3.8) is 0 Å². The number of anilines is 1. The van der Waals surface area contributed by atoms with Gasteiger partial charge in [-0.3, -0.25) is 4.79 Å². The second-order valence-electron chi connectivity index (χ2n) is 6.25. The molecule has 19 heavy (non-hydrogen) atoms. The molecule has 1 atom stereocenters. The lowest BCUT2D eigenvalue weighted by Crippen LogP contribution is -2.25. The van der Waals surface area contributed by atoms with E-state index in [1.165, 1.54) is 0 Å². The fourth-order valence-corrected chi connectivity index (χ4v) is 1.88. The van der Waals surface area contributed by atoms with Gasteiger partial charge in [-0.1, -0.05) is 45.9 Å². The molecule has 2 aromatic rings. The van der Waals surface area contributed by atoms with Crippen molar-refractivity contribution in [2.24, 2.45) is 11.3 Å². The summed E-state index contributed by atoms with van der Waals surface area (Å²) in [5.41, 5.74) is 0.216. The minimum Gasteiger partial charge on any atom is -0.371 e. The van der Waals surface area contributed by atoms with Gasteiger partial charge in [-0.25, -0.2) is 0 Å². The van der Waals surface area contributed by atoms with Crippen molar-refractivity contribution in [3.05, 3.63) is 40.7 Å². The van der Waals surface area contributed by atoms with Crippen LogP contribution >= 0.6 is 0 Å². The van der Waals surface area contributed by atoms with E-state index >= 15 is 0 Å². The molecular formula is C16H22N2O. The van der Waals surface area contributed by atoms with Crippen LogP contribution in [0, 0.1) is 11.3 Å². The van der Waals surface area contributed by atoms with E-state index < -0.39 is 0 Å². The molecule has 0 bridgehead atoms. The SMILES string of the molecule is CC(CNc1cc2ccccc2c(=O)[nH]1)C(C)(C)C. The van der Waals surface area contributed by atoms with Gasteiger partial charge in [-0.15, -0.1) is 0 Å². The second-order valence-corrected chi connectivity index (χ2v) is 6.25. The highest BCUT2D eigenvalue weighted by Gasteiger charge is 2.19. The lowest BCUT2D eigenvalue weighted by molar-refractivity contribution is 0.274. The quantitative estimate of drug-likeness (QED) is 0.883. The topological polar surface area (TPSA) is 44.9 Å². The van der Waals surface area contributed by atoms with Crippen molar-refractivity contribution in [1.29, 1.82) is 0 Å². The summed E-state index contributed by atoms with van der Waals surface area (Å²) in [7, 11) is 0. The van der Waals surface area contributed by atoms with Crippen molar-refractivity contribution < 1.29 is 0 Å². The number of hydrogen-bond acceptors (Lipinski definition) is 2. The zero-order valence-electron chi connectivity index (χ0n) is 12.1. The average molecular weight is 258 g/mol. The van der Waals surface area contributed by atoms with E-state index in [2.05, 4.69) is 38.0 Å². The molecule has 0 saturated carbocycles. The third-order valence-electron chi connectivity index (χ3n) is 3.83. The van der Waals surface area contributed by atoms with Gasteiger partial charge in [0.2, 0.25) is 0 Å². The highest BCUT2D eigenvalue weighted by Crippen LogP contribution is 2.25. The first-order valence-electron chi connectivity index (χ1n) is 6.74. The molecule has 0 amide bonds. The molecule has 0 radical (unpaired) electrons. The van der Waals surface area contributed by atoms with Gasteiger partial charge in [-0.05, 0) is 28.9 Å². The van der Waals surface area contributed by atoms with E-state index in [1.807, 2.05) is 30.3 Å². The smallest absolute Gasteiger partial charge is 0.257 e. The van der Waals surface area contributed by atoms with Crippen LogP contribution in [-0.2, 0) is 0 Å². The number of fused-ring (bicyclic) bond motifs is 1. The third-order valence-corrected chi connectivity index (χ3v) is 3.83. The maximum absolute atomic E-state index is 11.9. The number of H-pyrrole nitrogens is 1. The molecule has 2 N–H and O–H groups in total. The molecule has 1 aromatic heterocycles. The molecule has 1 unspecified atom stereocenters. The molecule has 102 valence electrons. The van der Waals surface area contributed by atoms with Gasteiger partial charge in [0, 0.05) is 11.9 Å². The van der Waals surface area contributed by atoms with E-state index in [9.17, 15) is 4.79 Å². The van der Waals surface area contributed by atoms with Crippen molar-refractivity contribution in [2.75, 3.05) is 11.9 Å². The molecule has 0 fully saturated rings. The number of aromatic amines is 1. The van der Waals surface area contributed by atoms with Gasteiger partial charge >= 0.3 is 0 Å². The standard InChI is InChI=1S/C16H22N2O/c1-11(16(2,3)4)10-17-14-9-12-7-5-6-8-13(12)15(19)18-14/h5-9,11H,10H2,1-4H3,(H2,17,18,19). The first kappa shape index (κ1) is 13.7. The van der Waals surface area contributed by atoms with E-state index in [-0.39, 0.29) is 11.0 Å². The second kappa shape index (κ2) is 5.08. The number of pyridine rings is 1. The van der Waals surface area contributed by atoms with Crippen molar-refractivity contribution in [1.82, 2.24) is 4.98 Å². The van der Waals surface area contributed by atoms with Crippen LogP contribution in [-0.4, -0.2) is 11.5 Å². The summed E-state index contributed by atoms with van der Waals surface area (Å²) in [4.78, 5) is 14.8. The first-order chi connectivity index (χ1) is 8.88. The van der Waals surface area contributed by atoms with E-state index in [1.54, 1.807) is 0 Å². The number of rotatable bonds is 3. The lowest BCUT2D eigenvalue weighted by atomic mass is 9.82. The zero-order chi connectivity index (χ0) is 14.0. The molecular weight excluding hydrogens is 236 g/mol. The summed E-state index contributed by atoms with van der Waals surface area (Å²) in [6.07, 6.45) is 0. The van der Waals surface area contributed by atoms with Crippen molar-refractivity contribution in [2.45, 2.75) is 27.7 Å². The summed E-state index contributed by atoms with van der Waals surface area (Å²) in [5.74, 6) is 1.31. The van der Waals surface area contributed by atoms with Crippen LogP contribution < -0.4 is 10.9 Å². The number of aromatic nitrogens is 1. The Morgan fingerprint density at radius 1 is 1.26 bits per heavy atom. The Hall–Kier alpha value is -1.77. The minimum atomic E-state index is -0.0380. The predicted molar refractivity (Wildman–Crippen MR) is 81.7 cm³/mol. The monoisotopic (exact) mass is 258 g/mol. The normalized spacial score (nSPS) is 13.5. The van der Waals surface area contributed by atoms with Gasteiger partial charge in [0.1, 0.15) is 5.82 Å². The van der Waals surface area contributed by atoms with Crippen LogP contribution in [0.15, 0.2) is 35.1 Å². The van der Waals surface area contributed by atoms with Gasteiger partial charge < -0.3 is 10.3 Å². The molecule has 3 nitrogen and oxygen atoms in total. The molecule has 1 aromatic carbocycles. The Balaban J connectivity index is 2.21. The number of nitrogens with one attached hydrogen (secondary N) is 2. The molecule has 0 saturated heterocycles. The molecule has 1 heterocycles. The van der Waals surface area contributed by atoms with E-state index in [0.717, 1.165) is 23.1 Å². The Morgan fingerprint density at radius 3 is 2.63 bits per heavy atom. The molecule has 0 aliphatic rings. The van der Waals surface area contributed by atoms with E-state index in [4.69, 9.17) is 0 Å². The maximum Gasteiger partial charge on any atom is 0.257 e. The zero-order valence-corrected chi connectivity index (χ0v) is 12.1. The van der Waals surface area contributed by atoms with Gasteiger partial charge in [0.15, 0.2) is 0 Å². The summed E-state index contributed by atoms with van der Waals surface area (Å²) in [5, 5.41) is 5.03. The van der Waals surface area contributed by atoms with Crippen LogP contribution in [0.3, 0.4) is 0 Å². The van der Waals surface area contributed by atoms with Crippen molar-refractivity contribution >= 4 is 16.6 Å². The van der Waals surface area contributed by atoms with Gasteiger partial charge in [0.05, 0.1) is 0 Å². The Bertz CT molecular complexity index is 622. The lowest BCUT2D eigenvalue weighted by Gasteiger charge is -2.27. The molecule has 0 aliphatic carbocycles. The molecule has 3 heteroatoms. The van der Waals surface area contributed by atoms with Crippen LogP contribution in [0.1, 0.15) is 27.7 Å². The number of benzene rings is 1. The summed E-state index contributed by atoms with van der Waals surface area (Å²) < 4.78 is 0. The summed E-state index contributed by atoms with van der Waals surface area (Å²) >= 11 is 0. The highest BCUT2D eigenvalue weighted by molar-refractivity contribution is 5.83. The largest absolute Gasteiger partial charge is 0.371 e. The summed E-state index contributed by atoms with van der Waals surface area (Å²) in [6.45, 7) is 9.73. The van der Waals surface area contributed by atoms with Crippen LogP contribution in [0.5, 0.6) is 0 Å². The third kappa shape index (κ3) is 3.16. The Kier molecular flexibility index (Phi) is 3.65. The Labute approximate surface area is 114 Å². The van der Waals surface area contributed by atoms with Crippen LogP contribution in [0.25, 0.3) is 10.8 Å². The fourth-order valence-electron chi connectivity index (χ4n) is 1.88. The molecule has 0 aliphatic heterocycles.